The molecule has 5 nitrogen and oxygen atoms in total. The SMILES string of the molecule is O=S(=O)(O[S+](c1ccc(O)cc1)c1ccc(O)cc1)C(F)(F)F. The minimum absolute atomic E-state index is 0.112. The first-order valence-corrected chi connectivity index (χ1v) is 8.49. The molecule has 2 N–H and O–H groups in total. The summed E-state index contributed by atoms with van der Waals surface area (Å²) in [5.74, 6) is -0.275. The maximum Gasteiger partial charge on any atom is 0.527 e. The van der Waals surface area contributed by atoms with E-state index in [1.807, 2.05) is 0 Å². The molecule has 0 atom stereocenters. The normalized spacial score (nSPS) is 12.5. The van der Waals surface area contributed by atoms with Crippen LogP contribution in [0, 0.1) is 0 Å². The van der Waals surface area contributed by atoms with E-state index in [9.17, 15) is 31.8 Å². The summed E-state index contributed by atoms with van der Waals surface area (Å²) < 4.78 is 64.7. The van der Waals surface area contributed by atoms with Gasteiger partial charge in [0, 0.05) is 24.3 Å². The van der Waals surface area contributed by atoms with Crippen molar-refractivity contribution in [1.82, 2.24) is 0 Å². The summed E-state index contributed by atoms with van der Waals surface area (Å²) in [7, 11) is -5.83. The number of rotatable bonds is 4. The van der Waals surface area contributed by atoms with Crippen LogP contribution in [0.25, 0.3) is 0 Å². The van der Waals surface area contributed by atoms with Gasteiger partial charge >= 0.3 is 15.6 Å². The lowest BCUT2D eigenvalue weighted by Gasteiger charge is -2.08. The van der Waals surface area contributed by atoms with Gasteiger partial charge in [-0.15, -0.1) is 0 Å². The quantitative estimate of drug-likeness (QED) is 0.641. The highest BCUT2D eigenvalue weighted by Crippen LogP contribution is 2.34. The van der Waals surface area contributed by atoms with Crippen molar-refractivity contribution in [2.45, 2.75) is 15.3 Å². The van der Waals surface area contributed by atoms with Crippen molar-refractivity contribution in [3.8, 4) is 11.5 Å². The Morgan fingerprint density at radius 2 is 1.17 bits per heavy atom. The third-order valence-electron chi connectivity index (χ3n) is 2.54. The average molecular weight is 367 g/mol. The first kappa shape index (κ1) is 17.4. The van der Waals surface area contributed by atoms with Gasteiger partial charge in [0.05, 0.1) is 0 Å². The summed E-state index contributed by atoms with van der Waals surface area (Å²) >= 11 is -1.91. The molecule has 0 aliphatic rings. The number of phenols is 2. The number of phenolic OH excluding ortho intramolecular Hbond substituents is 2. The molecule has 0 aliphatic heterocycles. The Labute approximate surface area is 132 Å². The lowest BCUT2D eigenvalue weighted by atomic mass is 10.3. The largest absolute Gasteiger partial charge is 0.527 e. The molecule has 0 fully saturated rings. The first-order chi connectivity index (χ1) is 10.6. The van der Waals surface area contributed by atoms with Crippen LogP contribution in [0.2, 0.25) is 0 Å². The zero-order valence-corrected chi connectivity index (χ0v) is 12.8. The predicted molar refractivity (Wildman–Crippen MR) is 76.2 cm³/mol. The number of hydrogen-bond donors (Lipinski definition) is 2. The average Bonchev–Trinajstić information content (AvgIpc) is 2.46. The van der Waals surface area contributed by atoms with Crippen molar-refractivity contribution in [3.63, 3.8) is 0 Å². The van der Waals surface area contributed by atoms with Crippen molar-refractivity contribution in [2.75, 3.05) is 0 Å². The maximum absolute atomic E-state index is 12.6. The van der Waals surface area contributed by atoms with Gasteiger partial charge in [-0.2, -0.15) is 21.6 Å². The predicted octanol–water partition coefficient (Wildman–Crippen LogP) is 2.92. The molecule has 2 rings (SSSR count). The van der Waals surface area contributed by atoms with E-state index in [4.69, 9.17) is 0 Å². The number of hydrogen-bond acceptors (Lipinski definition) is 5. The van der Waals surface area contributed by atoms with Gasteiger partial charge in [0.2, 0.25) is 11.2 Å². The van der Waals surface area contributed by atoms with Crippen LogP contribution in [0.4, 0.5) is 13.2 Å². The molecular weight excluding hydrogens is 357 g/mol. The molecule has 0 aliphatic carbocycles. The van der Waals surface area contributed by atoms with Crippen LogP contribution in [0.5, 0.6) is 11.5 Å². The lowest BCUT2D eigenvalue weighted by Crippen LogP contribution is -2.28. The second kappa shape index (κ2) is 6.30. The molecule has 23 heavy (non-hydrogen) atoms. The molecular formula is C13H10F3O5S2+. The van der Waals surface area contributed by atoms with E-state index in [0.717, 1.165) is 0 Å². The Morgan fingerprint density at radius 1 is 0.826 bits per heavy atom. The van der Waals surface area contributed by atoms with Gasteiger partial charge in [0.15, 0.2) is 9.79 Å². The van der Waals surface area contributed by atoms with Crippen molar-refractivity contribution >= 4 is 21.3 Å². The van der Waals surface area contributed by atoms with E-state index >= 15 is 0 Å². The van der Waals surface area contributed by atoms with Gasteiger partial charge in [0.1, 0.15) is 11.5 Å². The van der Waals surface area contributed by atoms with Crippen LogP contribution in [-0.2, 0) is 24.9 Å². The molecule has 0 unspecified atom stereocenters. The highest BCUT2D eigenvalue weighted by molar-refractivity contribution is 8.03. The van der Waals surface area contributed by atoms with E-state index in [1.165, 1.54) is 48.5 Å². The summed E-state index contributed by atoms with van der Waals surface area (Å²) in [6.45, 7) is 0. The summed E-state index contributed by atoms with van der Waals surface area (Å²) in [4.78, 5) is 0.225. The highest BCUT2D eigenvalue weighted by atomic mass is 32.3. The van der Waals surface area contributed by atoms with E-state index in [-0.39, 0.29) is 21.3 Å². The second-order valence-electron chi connectivity index (χ2n) is 4.22. The smallest absolute Gasteiger partial charge is 0.508 e. The summed E-state index contributed by atoms with van der Waals surface area (Å²) in [5.41, 5.74) is -5.56. The van der Waals surface area contributed by atoms with Crippen LogP contribution in [0.3, 0.4) is 0 Å². The first-order valence-electron chi connectivity index (χ1n) is 5.94. The standard InChI is InChI=1S/C13H9F3O5S2/c14-13(15,16)23(19,20)21-22(11-5-1-9(17)2-6-11)12-7-3-10(18)4-8-12/h1-8H,(H-,17,18)/p+1. The van der Waals surface area contributed by atoms with E-state index < -0.39 is 26.8 Å². The van der Waals surface area contributed by atoms with E-state index in [0.29, 0.717) is 0 Å². The fourth-order valence-electron chi connectivity index (χ4n) is 1.48. The Hall–Kier alpha value is -1.91. The van der Waals surface area contributed by atoms with Crippen molar-refractivity contribution in [1.29, 1.82) is 0 Å². The molecule has 0 aromatic heterocycles. The minimum Gasteiger partial charge on any atom is -0.508 e. The summed E-state index contributed by atoms with van der Waals surface area (Å²) in [6.07, 6.45) is 0. The lowest BCUT2D eigenvalue weighted by molar-refractivity contribution is -0.0495. The summed E-state index contributed by atoms with van der Waals surface area (Å²) in [6, 6.07) is 9.76. The maximum atomic E-state index is 12.6. The third-order valence-corrected chi connectivity index (χ3v) is 5.77. The fraction of sp³-hybridized carbons (Fsp3) is 0.0769. The van der Waals surface area contributed by atoms with Crippen molar-refractivity contribution in [2.24, 2.45) is 0 Å². The Morgan fingerprint density at radius 3 is 1.48 bits per heavy atom. The topological polar surface area (TPSA) is 83.8 Å². The molecule has 2 aromatic rings. The van der Waals surface area contributed by atoms with Crippen LogP contribution in [0.1, 0.15) is 0 Å². The highest BCUT2D eigenvalue weighted by Gasteiger charge is 2.53. The van der Waals surface area contributed by atoms with Gasteiger partial charge in [-0.05, 0) is 27.9 Å². The Bertz CT molecular complexity index is 725. The fourth-order valence-corrected chi connectivity index (χ4v) is 4.17. The molecule has 0 saturated carbocycles. The monoisotopic (exact) mass is 367 g/mol. The van der Waals surface area contributed by atoms with Crippen LogP contribution in [-0.4, -0.2) is 24.1 Å². The number of alkyl halides is 3. The second-order valence-corrected chi connectivity index (χ2v) is 7.62. The van der Waals surface area contributed by atoms with E-state index in [2.05, 4.69) is 3.63 Å². The van der Waals surface area contributed by atoms with Gasteiger partial charge in [-0.3, -0.25) is 0 Å². The van der Waals surface area contributed by atoms with Crippen LogP contribution in [0.15, 0.2) is 58.3 Å². The van der Waals surface area contributed by atoms with Gasteiger partial charge in [-0.1, -0.05) is 0 Å². The molecule has 0 amide bonds. The Balaban J connectivity index is 2.48. The van der Waals surface area contributed by atoms with Crippen molar-refractivity contribution in [3.05, 3.63) is 48.5 Å². The van der Waals surface area contributed by atoms with Crippen molar-refractivity contribution < 1.29 is 35.4 Å². The summed E-state index contributed by atoms with van der Waals surface area (Å²) in [5, 5.41) is 18.5. The molecule has 0 saturated heterocycles. The van der Waals surface area contributed by atoms with Crippen LogP contribution < -0.4 is 0 Å². The number of aromatic hydroxyl groups is 2. The molecule has 0 bridgehead atoms. The van der Waals surface area contributed by atoms with Gasteiger partial charge in [0.25, 0.3) is 0 Å². The molecule has 0 spiro atoms. The molecule has 10 heteroatoms. The number of benzene rings is 2. The zero-order chi connectivity index (χ0) is 17.3. The van der Waals surface area contributed by atoms with Crippen LogP contribution >= 0.6 is 0 Å². The molecule has 124 valence electrons. The minimum atomic E-state index is -5.83. The van der Waals surface area contributed by atoms with E-state index in [1.54, 1.807) is 0 Å². The molecule has 0 heterocycles. The Kier molecular flexibility index (Phi) is 4.78. The van der Waals surface area contributed by atoms with Gasteiger partial charge in [-0.25, -0.2) is 0 Å². The molecule has 0 radical (unpaired) electrons. The molecule has 2 aromatic carbocycles. The van der Waals surface area contributed by atoms with Gasteiger partial charge < -0.3 is 10.2 Å². The zero-order valence-electron chi connectivity index (χ0n) is 11.2. The third kappa shape index (κ3) is 4.09. The number of halogens is 3.